The van der Waals surface area contributed by atoms with Crippen LogP contribution >= 0.6 is 0 Å². The van der Waals surface area contributed by atoms with Crippen molar-refractivity contribution in [2.24, 2.45) is 0 Å². The SMILES string of the molecule is CC(O)c1ccc(O)o1. The molecule has 0 aliphatic heterocycles. The number of aliphatic hydroxyl groups excluding tert-OH is 1. The molecule has 0 aliphatic rings. The van der Waals surface area contributed by atoms with Gasteiger partial charge < -0.3 is 14.6 Å². The lowest BCUT2D eigenvalue weighted by Crippen LogP contribution is -1.84. The van der Waals surface area contributed by atoms with E-state index in [1.807, 2.05) is 0 Å². The first-order valence-electron chi connectivity index (χ1n) is 2.67. The fourth-order valence-corrected chi connectivity index (χ4v) is 0.567. The summed E-state index contributed by atoms with van der Waals surface area (Å²) in [4.78, 5) is 0. The van der Waals surface area contributed by atoms with Gasteiger partial charge in [-0.05, 0) is 13.0 Å². The van der Waals surface area contributed by atoms with Crippen LogP contribution in [0.4, 0.5) is 0 Å². The summed E-state index contributed by atoms with van der Waals surface area (Å²) in [5, 5.41) is 17.5. The highest BCUT2D eigenvalue weighted by Gasteiger charge is 2.04. The molecule has 1 atom stereocenters. The van der Waals surface area contributed by atoms with Crippen LogP contribution in [0, 0.1) is 0 Å². The van der Waals surface area contributed by atoms with Gasteiger partial charge in [-0.25, -0.2) is 0 Å². The van der Waals surface area contributed by atoms with E-state index in [0.29, 0.717) is 5.76 Å². The second kappa shape index (κ2) is 2.11. The molecule has 3 nitrogen and oxygen atoms in total. The first kappa shape index (κ1) is 6.16. The van der Waals surface area contributed by atoms with E-state index in [0.717, 1.165) is 0 Å². The zero-order chi connectivity index (χ0) is 6.85. The van der Waals surface area contributed by atoms with Crippen molar-refractivity contribution in [3.8, 4) is 5.95 Å². The highest BCUT2D eigenvalue weighted by atomic mass is 16.5. The first-order chi connectivity index (χ1) is 4.20. The molecule has 1 unspecified atom stereocenters. The summed E-state index contributed by atoms with van der Waals surface area (Å²) in [6, 6.07) is 2.92. The Hall–Kier alpha value is -0.960. The minimum Gasteiger partial charge on any atom is -0.481 e. The van der Waals surface area contributed by atoms with Gasteiger partial charge in [0.2, 0.25) is 0 Å². The van der Waals surface area contributed by atoms with E-state index < -0.39 is 6.10 Å². The minimum absolute atomic E-state index is 0.161. The molecule has 0 bridgehead atoms. The molecule has 0 spiro atoms. The molecule has 1 aromatic rings. The van der Waals surface area contributed by atoms with Crippen molar-refractivity contribution in [1.29, 1.82) is 0 Å². The Bertz CT molecular complexity index is 190. The molecule has 50 valence electrons. The van der Waals surface area contributed by atoms with Crippen LogP contribution in [0.15, 0.2) is 16.5 Å². The highest BCUT2D eigenvalue weighted by molar-refractivity contribution is 5.11. The van der Waals surface area contributed by atoms with E-state index in [-0.39, 0.29) is 5.95 Å². The molecule has 1 heterocycles. The number of aliphatic hydroxyl groups is 1. The summed E-state index contributed by atoms with van der Waals surface area (Å²) in [5.74, 6) is 0.221. The molecule has 1 aromatic heterocycles. The quantitative estimate of drug-likeness (QED) is 0.594. The smallest absolute Gasteiger partial charge is 0.282 e. The normalized spacial score (nSPS) is 13.6. The van der Waals surface area contributed by atoms with Gasteiger partial charge in [0, 0.05) is 6.07 Å². The molecule has 0 aromatic carbocycles. The van der Waals surface area contributed by atoms with E-state index in [1.54, 1.807) is 6.92 Å². The number of furan rings is 1. The maximum Gasteiger partial charge on any atom is 0.282 e. The number of hydrogen-bond acceptors (Lipinski definition) is 3. The molecule has 9 heavy (non-hydrogen) atoms. The van der Waals surface area contributed by atoms with E-state index >= 15 is 0 Å². The summed E-state index contributed by atoms with van der Waals surface area (Å²) in [6.07, 6.45) is -0.647. The molecule has 3 heteroatoms. The van der Waals surface area contributed by atoms with Gasteiger partial charge in [-0.3, -0.25) is 0 Å². The fourth-order valence-electron chi connectivity index (χ4n) is 0.567. The maximum atomic E-state index is 8.83. The standard InChI is InChI=1S/C6H8O3/c1-4(7)5-2-3-6(8)9-5/h2-4,7-8H,1H3. The zero-order valence-corrected chi connectivity index (χ0v) is 5.03. The van der Waals surface area contributed by atoms with Gasteiger partial charge in [0.1, 0.15) is 11.9 Å². The second-order valence-corrected chi connectivity index (χ2v) is 1.85. The molecule has 0 aliphatic carbocycles. The number of aromatic hydroxyl groups is 1. The maximum absolute atomic E-state index is 8.83. The van der Waals surface area contributed by atoms with Crippen molar-refractivity contribution in [2.75, 3.05) is 0 Å². The van der Waals surface area contributed by atoms with Gasteiger partial charge >= 0.3 is 0 Å². The van der Waals surface area contributed by atoms with Crippen molar-refractivity contribution in [3.05, 3.63) is 17.9 Å². The number of hydrogen-bond donors (Lipinski definition) is 2. The summed E-state index contributed by atoms with van der Waals surface area (Å²) in [6.45, 7) is 1.57. The molecule has 0 radical (unpaired) electrons. The Labute approximate surface area is 52.5 Å². The third-order valence-corrected chi connectivity index (χ3v) is 1.02. The van der Waals surface area contributed by atoms with Crippen LogP contribution in [0.3, 0.4) is 0 Å². The molecule has 2 N–H and O–H groups in total. The van der Waals surface area contributed by atoms with Gasteiger partial charge in [0.05, 0.1) is 0 Å². The Morgan fingerprint density at radius 1 is 1.56 bits per heavy atom. The van der Waals surface area contributed by atoms with E-state index in [2.05, 4.69) is 4.42 Å². The molecule has 1 rings (SSSR count). The molecular formula is C6H8O3. The summed E-state index contributed by atoms with van der Waals surface area (Å²) in [5.41, 5.74) is 0. The second-order valence-electron chi connectivity index (χ2n) is 1.85. The van der Waals surface area contributed by atoms with E-state index in [9.17, 15) is 0 Å². The average Bonchev–Trinajstić information content (AvgIpc) is 2.14. The lowest BCUT2D eigenvalue weighted by Gasteiger charge is -1.94. The molecular weight excluding hydrogens is 120 g/mol. The molecule has 0 fully saturated rings. The van der Waals surface area contributed by atoms with Crippen LogP contribution in [0.1, 0.15) is 18.8 Å². The Kier molecular flexibility index (Phi) is 1.44. The Morgan fingerprint density at radius 2 is 2.22 bits per heavy atom. The van der Waals surface area contributed by atoms with Crippen molar-refractivity contribution in [3.63, 3.8) is 0 Å². The molecule has 0 saturated heterocycles. The van der Waals surface area contributed by atoms with Gasteiger partial charge in [0.25, 0.3) is 5.95 Å². The van der Waals surface area contributed by atoms with Crippen LogP contribution in [0.25, 0.3) is 0 Å². The van der Waals surface area contributed by atoms with Gasteiger partial charge in [-0.1, -0.05) is 0 Å². The predicted octanol–water partition coefficient (Wildman–Crippen LogP) is 1.04. The number of rotatable bonds is 1. The third kappa shape index (κ3) is 1.23. The Morgan fingerprint density at radius 3 is 2.44 bits per heavy atom. The van der Waals surface area contributed by atoms with Crippen LogP contribution in [0.5, 0.6) is 5.95 Å². The average molecular weight is 128 g/mol. The van der Waals surface area contributed by atoms with Crippen LogP contribution in [-0.4, -0.2) is 10.2 Å². The van der Waals surface area contributed by atoms with Gasteiger partial charge in [-0.2, -0.15) is 0 Å². The summed E-state index contributed by atoms with van der Waals surface area (Å²) in [7, 11) is 0. The van der Waals surface area contributed by atoms with Crippen molar-refractivity contribution < 1.29 is 14.6 Å². The predicted molar refractivity (Wildman–Crippen MR) is 31.0 cm³/mol. The molecule has 0 saturated carbocycles. The lowest BCUT2D eigenvalue weighted by molar-refractivity contribution is 0.160. The van der Waals surface area contributed by atoms with Crippen LogP contribution in [-0.2, 0) is 0 Å². The van der Waals surface area contributed by atoms with Crippen LogP contribution < -0.4 is 0 Å². The van der Waals surface area contributed by atoms with Gasteiger partial charge in [0.15, 0.2) is 0 Å². The van der Waals surface area contributed by atoms with Crippen molar-refractivity contribution in [2.45, 2.75) is 13.0 Å². The highest BCUT2D eigenvalue weighted by Crippen LogP contribution is 2.19. The minimum atomic E-state index is -0.647. The van der Waals surface area contributed by atoms with Crippen molar-refractivity contribution >= 4 is 0 Å². The zero-order valence-electron chi connectivity index (χ0n) is 5.03. The lowest BCUT2D eigenvalue weighted by atomic mass is 10.3. The largest absolute Gasteiger partial charge is 0.481 e. The monoisotopic (exact) mass is 128 g/mol. The Balaban J connectivity index is 2.85. The molecule has 0 amide bonds. The first-order valence-corrected chi connectivity index (χ1v) is 2.67. The third-order valence-electron chi connectivity index (χ3n) is 1.02. The fraction of sp³-hybridized carbons (Fsp3) is 0.333. The summed E-state index contributed by atoms with van der Waals surface area (Å²) >= 11 is 0. The van der Waals surface area contributed by atoms with E-state index in [1.165, 1.54) is 12.1 Å². The van der Waals surface area contributed by atoms with E-state index in [4.69, 9.17) is 10.2 Å². The van der Waals surface area contributed by atoms with Crippen LogP contribution in [0.2, 0.25) is 0 Å². The van der Waals surface area contributed by atoms with Gasteiger partial charge in [-0.15, -0.1) is 0 Å². The van der Waals surface area contributed by atoms with Crippen molar-refractivity contribution in [1.82, 2.24) is 0 Å². The topological polar surface area (TPSA) is 53.6 Å². The summed E-state index contributed by atoms with van der Waals surface area (Å²) < 4.78 is 4.65.